The third-order valence-electron chi connectivity index (χ3n) is 3.01. The van der Waals surface area contributed by atoms with E-state index in [2.05, 4.69) is 10.6 Å². The molecule has 1 aromatic rings. The molecule has 24 heavy (non-hydrogen) atoms. The van der Waals surface area contributed by atoms with Crippen LogP contribution >= 0.6 is 23.4 Å². The number of hydrogen-bond acceptors (Lipinski definition) is 5. The Bertz CT molecular complexity index is 612. The maximum Gasteiger partial charge on any atom is 0.329 e. The number of ether oxygens (including phenoxy) is 1. The number of primary amides is 1. The number of amides is 3. The van der Waals surface area contributed by atoms with Crippen molar-refractivity contribution in [2.24, 2.45) is 5.73 Å². The van der Waals surface area contributed by atoms with Crippen LogP contribution in [-0.4, -0.2) is 42.6 Å². The van der Waals surface area contributed by atoms with Gasteiger partial charge < -0.3 is 21.1 Å². The summed E-state index contributed by atoms with van der Waals surface area (Å²) in [7, 11) is 0. The van der Waals surface area contributed by atoms with Crippen molar-refractivity contribution in [3.63, 3.8) is 0 Å². The van der Waals surface area contributed by atoms with Gasteiger partial charge in [-0.1, -0.05) is 17.7 Å². The van der Waals surface area contributed by atoms with Crippen LogP contribution in [0.5, 0.6) is 0 Å². The number of carbonyl (C=O) groups is 3. The molecule has 0 spiro atoms. The molecule has 7 nitrogen and oxygen atoms in total. The number of carbonyl (C=O) groups excluding carboxylic acids is 3. The summed E-state index contributed by atoms with van der Waals surface area (Å²) in [6, 6.07) is 3.36. The zero-order valence-corrected chi connectivity index (χ0v) is 15.0. The third-order valence-corrected chi connectivity index (χ3v) is 4.06. The SMILES string of the molecule is CSCC[C@@H](NC(N)=O)C(=O)OCC(=O)Nc1ccc(C)c(Cl)c1. The highest BCUT2D eigenvalue weighted by atomic mass is 35.5. The van der Waals surface area contributed by atoms with E-state index in [1.807, 2.05) is 13.2 Å². The van der Waals surface area contributed by atoms with Crippen molar-refractivity contribution < 1.29 is 19.1 Å². The first-order chi connectivity index (χ1) is 11.3. The number of rotatable bonds is 8. The average Bonchev–Trinajstić information content (AvgIpc) is 2.52. The van der Waals surface area contributed by atoms with E-state index < -0.39 is 30.6 Å². The molecule has 0 heterocycles. The molecule has 0 bridgehead atoms. The van der Waals surface area contributed by atoms with Crippen LogP contribution in [0.4, 0.5) is 10.5 Å². The van der Waals surface area contributed by atoms with Gasteiger partial charge in [-0.2, -0.15) is 11.8 Å². The van der Waals surface area contributed by atoms with Crippen LogP contribution in [-0.2, 0) is 14.3 Å². The van der Waals surface area contributed by atoms with Gasteiger partial charge in [0.1, 0.15) is 6.04 Å². The summed E-state index contributed by atoms with van der Waals surface area (Å²) in [5.74, 6) is -0.584. The smallest absolute Gasteiger partial charge is 0.329 e. The lowest BCUT2D eigenvalue weighted by atomic mass is 10.2. The summed E-state index contributed by atoms with van der Waals surface area (Å²) in [5.41, 5.74) is 6.42. The molecule has 0 unspecified atom stereocenters. The first kappa shape index (κ1) is 20.1. The van der Waals surface area contributed by atoms with E-state index in [1.165, 1.54) is 11.8 Å². The van der Waals surface area contributed by atoms with Crippen molar-refractivity contribution in [3.8, 4) is 0 Å². The number of hydrogen-bond donors (Lipinski definition) is 3. The number of halogens is 1. The highest BCUT2D eigenvalue weighted by molar-refractivity contribution is 7.98. The maximum atomic E-state index is 11.9. The van der Waals surface area contributed by atoms with E-state index >= 15 is 0 Å². The standard InChI is InChI=1S/C15H20ClN3O4S/c1-9-3-4-10(7-11(9)16)18-13(20)8-23-14(21)12(5-6-24-2)19-15(17)22/h3-4,7,12H,5-6,8H2,1-2H3,(H,18,20)(H3,17,19,22)/t12-/m1/s1. The Morgan fingerprint density at radius 2 is 2.08 bits per heavy atom. The molecule has 0 fully saturated rings. The molecule has 0 saturated carbocycles. The molecule has 9 heteroatoms. The Labute approximate surface area is 149 Å². The lowest BCUT2D eigenvalue weighted by Crippen LogP contribution is -2.45. The van der Waals surface area contributed by atoms with E-state index in [0.29, 0.717) is 22.9 Å². The van der Waals surface area contributed by atoms with Crippen LogP contribution < -0.4 is 16.4 Å². The third kappa shape index (κ3) is 7.10. The molecule has 0 aliphatic rings. The van der Waals surface area contributed by atoms with Gasteiger partial charge in [0.25, 0.3) is 5.91 Å². The van der Waals surface area contributed by atoms with Crippen LogP contribution in [0.1, 0.15) is 12.0 Å². The van der Waals surface area contributed by atoms with Crippen molar-refractivity contribution in [1.29, 1.82) is 0 Å². The number of urea groups is 1. The molecule has 0 radical (unpaired) electrons. The van der Waals surface area contributed by atoms with E-state index in [9.17, 15) is 14.4 Å². The van der Waals surface area contributed by atoms with E-state index in [1.54, 1.807) is 18.2 Å². The topological polar surface area (TPSA) is 111 Å². The van der Waals surface area contributed by atoms with Crippen LogP contribution in [0.15, 0.2) is 18.2 Å². The largest absolute Gasteiger partial charge is 0.454 e. The molecular formula is C15H20ClN3O4S. The second kappa shape index (κ2) is 10.0. The van der Waals surface area contributed by atoms with Gasteiger partial charge in [0.15, 0.2) is 6.61 Å². The van der Waals surface area contributed by atoms with Crippen molar-refractivity contribution in [2.75, 3.05) is 23.9 Å². The van der Waals surface area contributed by atoms with Crippen LogP contribution in [0, 0.1) is 6.92 Å². The second-order valence-corrected chi connectivity index (χ2v) is 6.36. The normalized spacial score (nSPS) is 11.5. The Kier molecular flexibility index (Phi) is 8.42. The van der Waals surface area contributed by atoms with Crippen molar-refractivity contribution in [1.82, 2.24) is 5.32 Å². The first-order valence-electron chi connectivity index (χ1n) is 7.11. The molecule has 3 amide bonds. The highest BCUT2D eigenvalue weighted by Gasteiger charge is 2.21. The molecule has 1 rings (SSSR count). The van der Waals surface area contributed by atoms with Crippen LogP contribution in [0.2, 0.25) is 5.02 Å². The number of anilines is 1. The lowest BCUT2D eigenvalue weighted by Gasteiger charge is -2.16. The number of benzene rings is 1. The molecule has 0 aliphatic carbocycles. The average molecular weight is 374 g/mol. The van der Waals surface area contributed by atoms with E-state index in [4.69, 9.17) is 22.1 Å². The van der Waals surface area contributed by atoms with Crippen LogP contribution in [0.3, 0.4) is 0 Å². The number of thioether (sulfide) groups is 1. The van der Waals surface area contributed by atoms with Gasteiger partial charge >= 0.3 is 12.0 Å². The van der Waals surface area contributed by atoms with Gasteiger partial charge in [0.05, 0.1) is 0 Å². The number of esters is 1. The van der Waals surface area contributed by atoms with Crippen molar-refractivity contribution in [2.45, 2.75) is 19.4 Å². The highest BCUT2D eigenvalue weighted by Crippen LogP contribution is 2.19. The van der Waals surface area contributed by atoms with Gasteiger partial charge in [0.2, 0.25) is 0 Å². The van der Waals surface area contributed by atoms with Crippen molar-refractivity contribution >= 4 is 47.0 Å². The number of aryl methyl sites for hydroxylation is 1. The molecule has 0 aliphatic heterocycles. The van der Waals surface area contributed by atoms with Gasteiger partial charge in [0, 0.05) is 10.7 Å². The molecule has 4 N–H and O–H groups in total. The summed E-state index contributed by atoms with van der Waals surface area (Å²) in [5, 5.41) is 5.40. The Balaban J connectivity index is 2.52. The number of nitrogens with one attached hydrogen (secondary N) is 2. The van der Waals surface area contributed by atoms with Crippen molar-refractivity contribution in [3.05, 3.63) is 28.8 Å². The van der Waals surface area contributed by atoms with Crippen LogP contribution in [0.25, 0.3) is 0 Å². The maximum absolute atomic E-state index is 11.9. The zero-order chi connectivity index (χ0) is 18.1. The fourth-order valence-electron chi connectivity index (χ4n) is 1.76. The summed E-state index contributed by atoms with van der Waals surface area (Å²) >= 11 is 7.48. The molecular weight excluding hydrogens is 354 g/mol. The lowest BCUT2D eigenvalue weighted by molar-refractivity contribution is -0.149. The number of nitrogens with two attached hydrogens (primary N) is 1. The van der Waals surface area contributed by atoms with Gasteiger partial charge in [-0.25, -0.2) is 9.59 Å². The monoisotopic (exact) mass is 373 g/mol. The molecule has 0 saturated heterocycles. The van der Waals surface area contributed by atoms with Gasteiger partial charge in [-0.05, 0) is 43.0 Å². The van der Waals surface area contributed by atoms with Gasteiger partial charge in [-0.15, -0.1) is 0 Å². The minimum atomic E-state index is -0.878. The minimum absolute atomic E-state index is 0.359. The fourth-order valence-corrected chi connectivity index (χ4v) is 2.41. The zero-order valence-electron chi connectivity index (χ0n) is 13.4. The van der Waals surface area contributed by atoms with E-state index in [0.717, 1.165) is 5.56 Å². The minimum Gasteiger partial charge on any atom is -0.454 e. The molecule has 0 aromatic heterocycles. The fraction of sp³-hybridized carbons (Fsp3) is 0.400. The summed E-state index contributed by atoms with van der Waals surface area (Å²) in [6.45, 7) is 1.37. The summed E-state index contributed by atoms with van der Waals surface area (Å²) in [4.78, 5) is 34.7. The predicted molar refractivity (Wildman–Crippen MR) is 95.3 cm³/mol. The van der Waals surface area contributed by atoms with Gasteiger partial charge in [-0.3, -0.25) is 4.79 Å². The molecule has 1 atom stereocenters. The summed E-state index contributed by atoms with van der Waals surface area (Å²) < 4.78 is 4.93. The second-order valence-electron chi connectivity index (χ2n) is 4.96. The van der Waals surface area contributed by atoms with E-state index in [-0.39, 0.29) is 0 Å². The first-order valence-corrected chi connectivity index (χ1v) is 8.88. The Morgan fingerprint density at radius 3 is 2.67 bits per heavy atom. The Morgan fingerprint density at radius 1 is 1.38 bits per heavy atom. The molecule has 132 valence electrons. The predicted octanol–water partition coefficient (Wildman–Crippen LogP) is 1.92. The summed E-state index contributed by atoms with van der Waals surface area (Å²) in [6.07, 6.45) is 2.23. The quantitative estimate of drug-likeness (QED) is 0.603. The Hall–Kier alpha value is -1.93. The molecule has 1 aromatic carbocycles.